The van der Waals surface area contributed by atoms with Crippen LogP contribution >= 0.6 is 11.6 Å². The van der Waals surface area contributed by atoms with Gasteiger partial charge in [0, 0.05) is 16.7 Å². The summed E-state index contributed by atoms with van der Waals surface area (Å²) < 4.78 is 5.02. The van der Waals surface area contributed by atoms with E-state index in [-0.39, 0.29) is 5.76 Å². The average molecular weight is 321 g/mol. The SMILES string of the molecule is O=C(NC1(C(=O)O)CCC1)c1cc(-c2cccc(Cl)c2)no1. The van der Waals surface area contributed by atoms with Crippen LogP contribution in [0.25, 0.3) is 11.3 Å². The molecule has 1 heterocycles. The molecular weight excluding hydrogens is 308 g/mol. The number of aromatic nitrogens is 1. The van der Waals surface area contributed by atoms with Crippen molar-refractivity contribution in [3.05, 3.63) is 41.1 Å². The maximum atomic E-state index is 12.1. The van der Waals surface area contributed by atoms with Crippen LogP contribution in [-0.4, -0.2) is 27.7 Å². The highest BCUT2D eigenvalue weighted by molar-refractivity contribution is 6.30. The van der Waals surface area contributed by atoms with E-state index in [0.717, 1.165) is 6.42 Å². The monoisotopic (exact) mass is 320 g/mol. The third kappa shape index (κ3) is 2.57. The van der Waals surface area contributed by atoms with E-state index in [4.69, 9.17) is 16.1 Å². The molecule has 0 saturated heterocycles. The number of aliphatic carboxylic acids is 1. The van der Waals surface area contributed by atoms with Crippen LogP contribution in [-0.2, 0) is 4.79 Å². The Morgan fingerprint density at radius 2 is 2.09 bits per heavy atom. The van der Waals surface area contributed by atoms with Crippen LogP contribution in [0.1, 0.15) is 29.8 Å². The zero-order valence-electron chi connectivity index (χ0n) is 11.5. The lowest BCUT2D eigenvalue weighted by atomic mass is 9.76. The summed E-state index contributed by atoms with van der Waals surface area (Å²) in [5.74, 6) is -1.63. The molecule has 1 aromatic carbocycles. The van der Waals surface area contributed by atoms with Crippen molar-refractivity contribution in [2.24, 2.45) is 0 Å². The number of carboxylic acid groups (broad SMARTS) is 1. The van der Waals surface area contributed by atoms with Gasteiger partial charge in [0.25, 0.3) is 5.91 Å². The summed E-state index contributed by atoms with van der Waals surface area (Å²) in [6.45, 7) is 0. The Bertz CT molecular complexity index is 737. The summed E-state index contributed by atoms with van der Waals surface area (Å²) in [4.78, 5) is 23.4. The van der Waals surface area contributed by atoms with Crippen LogP contribution in [0.5, 0.6) is 0 Å². The molecule has 0 unspecified atom stereocenters. The van der Waals surface area contributed by atoms with Gasteiger partial charge in [0.05, 0.1) is 0 Å². The fraction of sp³-hybridized carbons (Fsp3) is 0.267. The molecule has 1 aromatic heterocycles. The summed E-state index contributed by atoms with van der Waals surface area (Å²) in [6, 6.07) is 8.45. The van der Waals surface area contributed by atoms with Gasteiger partial charge >= 0.3 is 5.97 Å². The van der Waals surface area contributed by atoms with E-state index >= 15 is 0 Å². The quantitative estimate of drug-likeness (QED) is 0.903. The van der Waals surface area contributed by atoms with Crippen LogP contribution in [0.3, 0.4) is 0 Å². The molecule has 22 heavy (non-hydrogen) atoms. The zero-order chi connectivity index (χ0) is 15.7. The second-order valence-electron chi connectivity index (χ2n) is 5.28. The van der Waals surface area contributed by atoms with Gasteiger partial charge in [-0.1, -0.05) is 28.9 Å². The van der Waals surface area contributed by atoms with Gasteiger partial charge in [0.1, 0.15) is 11.2 Å². The van der Waals surface area contributed by atoms with Crippen LogP contribution in [0.4, 0.5) is 0 Å². The number of benzene rings is 1. The summed E-state index contributed by atoms with van der Waals surface area (Å²) in [6.07, 6.45) is 1.61. The largest absolute Gasteiger partial charge is 0.480 e. The minimum absolute atomic E-state index is 0.0255. The van der Waals surface area contributed by atoms with Crippen LogP contribution < -0.4 is 5.32 Å². The molecule has 114 valence electrons. The Balaban J connectivity index is 1.79. The molecule has 0 spiro atoms. The number of nitrogens with one attached hydrogen (secondary N) is 1. The summed E-state index contributed by atoms with van der Waals surface area (Å²) in [5, 5.41) is 16.1. The highest BCUT2D eigenvalue weighted by atomic mass is 35.5. The summed E-state index contributed by atoms with van der Waals surface area (Å²) in [5.41, 5.74) is -0.00220. The van der Waals surface area contributed by atoms with Crippen molar-refractivity contribution in [3.63, 3.8) is 0 Å². The number of carbonyl (C=O) groups excluding carboxylic acids is 1. The predicted octanol–water partition coefficient (Wildman–Crippen LogP) is 2.73. The van der Waals surface area contributed by atoms with Crippen molar-refractivity contribution in [2.45, 2.75) is 24.8 Å². The zero-order valence-corrected chi connectivity index (χ0v) is 12.3. The Hall–Kier alpha value is -2.34. The van der Waals surface area contributed by atoms with Crippen molar-refractivity contribution in [1.82, 2.24) is 10.5 Å². The number of amides is 1. The molecule has 3 rings (SSSR count). The Kier molecular flexibility index (Phi) is 3.62. The van der Waals surface area contributed by atoms with E-state index in [2.05, 4.69) is 10.5 Å². The van der Waals surface area contributed by atoms with Gasteiger partial charge in [-0.05, 0) is 31.4 Å². The van der Waals surface area contributed by atoms with E-state index in [1.54, 1.807) is 24.3 Å². The lowest BCUT2D eigenvalue weighted by molar-refractivity contribution is -0.148. The molecule has 1 fully saturated rings. The van der Waals surface area contributed by atoms with Gasteiger partial charge in [0.15, 0.2) is 0 Å². The second kappa shape index (κ2) is 5.46. The molecule has 0 bridgehead atoms. The minimum atomic E-state index is -1.18. The number of carboxylic acids is 1. The highest BCUT2D eigenvalue weighted by Crippen LogP contribution is 2.32. The van der Waals surface area contributed by atoms with Crippen molar-refractivity contribution in [3.8, 4) is 11.3 Å². The molecule has 6 nitrogen and oxygen atoms in total. The molecule has 0 atom stereocenters. The smallest absolute Gasteiger partial charge is 0.329 e. The highest BCUT2D eigenvalue weighted by Gasteiger charge is 2.46. The second-order valence-corrected chi connectivity index (χ2v) is 5.72. The summed E-state index contributed by atoms with van der Waals surface area (Å²) >= 11 is 5.91. The Morgan fingerprint density at radius 1 is 1.32 bits per heavy atom. The van der Waals surface area contributed by atoms with Gasteiger partial charge in [-0.3, -0.25) is 4.79 Å². The fourth-order valence-electron chi connectivity index (χ4n) is 2.37. The minimum Gasteiger partial charge on any atom is -0.480 e. The van der Waals surface area contributed by atoms with E-state index in [9.17, 15) is 14.7 Å². The maximum Gasteiger partial charge on any atom is 0.329 e. The number of hydrogen-bond acceptors (Lipinski definition) is 4. The topological polar surface area (TPSA) is 92.4 Å². The molecular formula is C15H13ClN2O4. The number of carbonyl (C=O) groups is 2. The molecule has 0 aliphatic heterocycles. The number of halogens is 1. The number of nitrogens with zero attached hydrogens (tertiary/aromatic N) is 1. The van der Waals surface area contributed by atoms with E-state index < -0.39 is 17.4 Å². The first-order valence-electron chi connectivity index (χ1n) is 6.79. The average Bonchev–Trinajstić information content (AvgIpc) is 2.92. The molecule has 1 aliphatic carbocycles. The third-order valence-electron chi connectivity index (χ3n) is 3.82. The molecule has 2 N–H and O–H groups in total. The maximum absolute atomic E-state index is 12.1. The Morgan fingerprint density at radius 3 is 2.68 bits per heavy atom. The lowest BCUT2D eigenvalue weighted by Gasteiger charge is -2.37. The van der Waals surface area contributed by atoms with Crippen molar-refractivity contribution in [2.75, 3.05) is 0 Å². The standard InChI is InChI=1S/C15H13ClN2O4/c16-10-4-1-3-9(7-10)11-8-12(22-18-11)13(19)17-15(14(20)21)5-2-6-15/h1,3-4,7-8H,2,5-6H2,(H,17,19)(H,20,21). The molecule has 1 amide bonds. The van der Waals surface area contributed by atoms with Crippen LogP contribution in [0, 0.1) is 0 Å². The van der Waals surface area contributed by atoms with Crippen LogP contribution in [0.15, 0.2) is 34.9 Å². The van der Waals surface area contributed by atoms with Gasteiger partial charge in [-0.2, -0.15) is 0 Å². The van der Waals surface area contributed by atoms with Crippen molar-refractivity contribution >= 4 is 23.5 Å². The lowest BCUT2D eigenvalue weighted by Crippen LogP contribution is -2.59. The van der Waals surface area contributed by atoms with Gasteiger partial charge in [-0.25, -0.2) is 4.79 Å². The van der Waals surface area contributed by atoms with Crippen molar-refractivity contribution in [1.29, 1.82) is 0 Å². The molecule has 0 radical (unpaired) electrons. The van der Waals surface area contributed by atoms with E-state index in [1.807, 2.05) is 0 Å². The number of hydrogen-bond donors (Lipinski definition) is 2. The number of rotatable bonds is 4. The molecule has 7 heteroatoms. The third-order valence-corrected chi connectivity index (χ3v) is 4.06. The summed E-state index contributed by atoms with van der Waals surface area (Å²) in [7, 11) is 0. The van der Waals surface area contributed by atoms with Gasteiger partial charge in [-0.15, -0.1) is 0 Å². The van der Waals surface area contributed by atoms with Gasteiger partial charge in [0.2, 0.25) is 5.76 Å². The normalized spacial score (nSPS) is 15.9. The molecule has 2 aromatic rings. The fourth-order valence-corrected chi connectivity index (χ4v) is 2.56. The first-order valence-corrected chi connectivity index (χ1v) is 7.16. The van der Waals surface area contributed by atoms with Crippen LogP contribution in [0.2, 0.25) is 5.02 Å². The molecule has 1 saturated carbocycles. The van der Waals surface area contributed by atoms with Crippen molar-refractivity contribution < 1.29 is 19.2 Å². The first kappa shape index (κ1) is 14.6. The first-order chi connectivity index (χ1) is 10.5. The van der Waals surface area contributed by atoms with E-state index in [0.29, 0.717) is 29.1 Å². The van der Waals surface area contributed by atoms with Gasteiger partial charge < -0.3 is 14.9 Å². The predicted molar refractivity (Wildman–Crippen MR) is 78.6 cm³/mol. The molecule has 1 aliphatic rings. The Labute approximate surface area is 131 Å². The van der Waals surface area contributed by atoms with E-state index in [1.165, 1.54) is 6.07 Å².